The summed E-state index contributed by atoms with van der Waals surface area (Å²) in [6, 6.07) is 9.04. The Balaban J connectivity index is 1.05. The fraction of sp³-hybridized carbons (Fsp3) is 0.308. The first-order valence-electron chi connectivity index (χ1n) is 11.7. The Kier molecular flexibility index (Phi) is 5.57. The van der Waals surface area contributed by atoms with Crippen LogP contribution in [0.4, 0.5) is 0 Å². The molecule has 0 spiro atoms. The molecule has 8 heteroatoms. The summed E-state index contributed by atoms with van der Waals surface area (Å²) in [4.78, 5) is 23.7. The monoisotopic (exact) mass is 518 g/mol. The number of aryl methyl sites for hydroxylation is 4. The van der Waals surface area contributed by atoms with Gasteiger partial charge >= 0.3 is 0 Å². The summed E-state index contributed by atoms with van der Waals surface area (Å²) in [6.07, 6.45) is 10.7. The van der Waals surface area contributed by atoms with Gasteiger partial charge in [0.05, 0.1) is 0 Å². The summed E-state index contributed by atoms with van der Waals surface area (Å²) in [5, 5.41) is 4.91. The number of rotatable bonds is 6. The Morgan fingerprint density at radius 2 is 1.09 bits per heavy atom. The van der Waals surface area contributed by atoms with Crippen LogP contribution in [0.2, 0.25) is 0 Å². The van der Waals surface area contributed by atoms with Crippen molar-refractivity contribution in [2.75, 3.05) is 0 Å². The first-order chi connectivity index (χ1) is 16.8. The SMILES string of the molecule is c1nc(SCc2ccc(CSc3ncnc4sc5c(c34)CCC5)cc2)c2c3c(sc2n1)CCC3. The highest BCUT2D eigenvalue weighted by Gasteiger charge is 2.22. The average Bonchev–Trinajstić information content (AvgIpc) is 3.62. The van der Waals surface area contributed by atoms with Crippen molar-refractivity contribution in [1.29, 1.82) is 0 Å². The predicted molar refractivity (Wildman–Crippen MR) is 144 cm³/mol. The fourth-order valence-electron chi connectivity index (χ4n) is 5.05. The Morgan fingerprint density at radius 1 is 0.618 bits per heavy atom. The van der Waals surface area contributed by atoms with Gasteiger partial charge in [0.15, 0.2) is 0 Å². The topological polar surface area (TPSA) is 51.6 Å². The maximum absolute atomic E-state index is 4.64. The molecular formula is C26H22N4S4. The molecule has 0 atom stereocenters. The first kappa shape index (κ1) is 21.3. The minimum atomic E-state index is 0.928. The van der Waals surface area contributed by atoms with E-state index in [0.29, 0.717) is 0 Å². The van der Waals surface area contributed by atoms with Crippen molar-refractivity contribution in [2.24, 2.45) is 0 Å². The Bertz CT molecular complexity index is 1400. The molecule has 0 saturated heterocycles. The lowest BCUT2D eigenvalue weighted by Gasteiger charge is -2.07. The molecular weight excluding hydrogens is 497 g/mol. The highest BCUT2D eigenvalue weighted by Crippen LogP contribution is 2.42. The van der Waals surface area contributed by atoms with E-state index in [0.717, 1.165) is 31.2 Å². The van der Waals surface area contributed by atoms with Gasteiger partial charge in [-0.3, -0.25) is 0 Å². The van der Waals surface area contributed by atoms with Gasteiger partial charge in [-0.05, 0) is 60.8 Å². The van der Waals surface area contributed by atoms with E-state index in [4.69, 9.17) is 0 Å². The summed E-state index contributed by atoms with van der Waals surface area (Å²) >= 11 is 7.40. The minimum Gasteiger partial charge on any atom is -0.229 e. The van der Waals surface area contributed by atoms with Crippen molar-refractivity contribution in [2.45, 2.75) is 60.1 Å². The molecule has 0 fully saturated rings. The van der Waals surface area contributed by atoms with E-state index in [1.54, 1.807) is 12.7 Å². The number of aromatic nitrogens is 4. The second kappa shape index (κ2) is 8.90. The van der Waals surface area contributed by atoms with E-state index in [2.05, 4.69) is 44.2 Å². The van der Waals surface area contributed by atoms with Crippen molar-refractivity contribution < 1.29 is 0 Å². The van der Waals surface area contributed by atoms with E-state index in [9.17, 15) is 0 Å². The molecule has 4 nitrogen and oxygen atoms in total. The van der Waals surface area contributed by atoms with E-state index in [-0.39, 0.29) is 0 Å². The third kappa shape index (κ3) is 3.75. The lowest BCUT2D eigenvalue weighted by Crippen LogP contribution is -1.90. The Morgan fingerprint density at radius 3 is 1.56 bits per heavy atom. The summed E-state index contributed by atoms with van der Waals surface area (Å²) in [5.74, 6) is 1.86. The van der Waals surface area contributed by atoms with Crippen LogP contribution in [0.3, 0.4) is 0 Å². The van der Waals surface area contributed by atoms with Gasteiger partial charge in [-0.15, -0.1) is 46.2 Å². The van der Waals surface area contributed by atoms with Gasteiger partial charge in [0.1, 0.15) is 32.4 Å². The molecule has 170 valence electrons. The molecule has 2 aliphatic rings. The zero-order valence-electron chi connectivity index (χ0n) is 18.5. The van der Waals surface area contributed by atoms with Crippen LogP contribution in [0.25, 0.3) is 20.4 Å². The molecule has 0 N–H and O–H groups in total. The van der Waals surface area contributed by atoms with Crippen molar-refractivity contribution in [1.82, 2.24) is 19.9 Å². The number of nitrogens with zero attached hydrogens (tertiary/aromatic N) is 4. The number of hydrogen-bond acceptors (Lipinski definition) is 8. The van der Waals surface area contributed by atoms with Gasteiger partial charge in [-0.25, -0.2) is 19.9 Å². The Labute approximate surface area is 214 Å². The molecule has 2 aliphatic carbocycles. The number of thiophene rings is 2. The van der Waals surface area contributed by atoms with Gasteiger partial charge in [-0.1, -0.05) is 24.3 Å². The fourth-order valence-corrected chi connectivity index (χ4v) is 9.60. The minimum absolute atomic E-state index is 0.928. The van der Waals surface area contributed by atoms with E-state index < -0.39 is 0 Å². The lowest BCUT2D eigenvalue weighted by atomic mass is 10.2. The third-order valence-corrected chi connectivity index (χ3v) is 11.2. The smallest absolute Gasteiger partial charge is 0.128 e. The van der Waals surface area contributed by atoms with Crippen LogP contribution in [-0.2, 0) is 37.2 Å². The van der Waals surface area contributed by atoms with Crippen LogP contribution in [0, 0.1) is 0 Å². The van der Waals surface area contributed by atoms with Crippen LogP contribution in [0.15, 0.2) is 47.0 Å². The normalized spacial score (nSPS) is 14.8. The largest absolute Gasteiger partial charge is 0.229 e. The number of benzene rings is 1. The standard InChI is InChI=1S/C26H22N4S4/c1-3-17-19(5-1)33-25-21(17)23(27-13-29-25)31-11-15-7-9-16(10-8-15)12-32-24-22-18-4-2-6-20(18)34-26(22)30-14-28-24/h7-10,13-14H,1-6,11-12H2. The van der Waals surface area contributed by atoms with Gasteiger partial charge in [-0.2, -0.15) is 0 Å². The second-order valence-corrected chi connectivity index (χ2v) is 12.9. The molecule has 4 heterocycles. The number of thioether (sulfide) groups is 2. The molecule has 0 bridgehead atoms. The van der Waals surface area contributed by atoms with Crippen LogP contribution in [0.5, 0.6) is 0 Å². The van der Waals surface area contributed by atoms with Gasteiger partial charge < -0.3 is 0 Å². The van der Waals surface area contributed by atoms with Crippen LogP contribution in [-0.4, -0.2) is 19.9 Å². The van der Waals surface area contributed by atoms with Crippen LogP contribution >= 0.6 is 46.2 Å². The zero-order valence-corrected chi connectivity index (χ0v) is 21.8. The molecule has 0 radical (unpaired) electrons. The molecule has 5 aromatic rings. The molecule has 0 amide bonds. The lowest BCUT2D eigenvalue weighted by molar-refractivity contribution is 0.915. The van der Waals surface area contributed by atoms with Crippen molar-refractivity contribution in [3.05, 3.63) is 68.9 Å². The second-order valence-electron chi connectivity index (χ2n) is 8.83. The van der Waals surface area contributed by atoms with Crippen LogP contribution < -0.4 is 0 Å². The molecule has 0 saturated carbocycles. The zero-order chi connectivity index (χ0) is 22.5. The third-order valence-electron chi connectivity index (χ3n) is 6.71. The van der Waals surface area contributed by atoms with Gasteiger partial charge in [0, 0.05) is 32.0 Å². The quantitative estimate of drug-likeness (QED) is 0.174. The van der Waals surface area contributed by atoms with E-state index in [1.165, 1.54) is 81.3 Å². The van der Waals surface area contributed by atoms with E-state index in [1.807, 2.05) is 46.2 Å². The highest BCUT2D eigenvalue weighted by atomic mass is 32.2. The summed E-state index contributed by atoms with van der Waals surface area (Å²) in [5.41, 5.74) is 5.67. The first-order valence-corrected chi connectivity index (χ1v) is 15.3. The predicted octanol–water partition coefficient (Wildman–Crippen LogP) is 7.26. The van der Waals surface area contributed by atoms with Crippen molar-refractivity contribution in [3.8, 4) is 0 Å². The highest BCUT2D eigenvalue weighted by molar-refractivity contribution is 7.99. The van der Waals surface area contributed by atoms with Crippen molar-refractivity contribution >= 4 is 66.6 Å². The Hall–Kier alpha value is -2.00. The van der Waals surface area contributed by atoms with Gasteiger partial charge in [0.2, 0.25) is 0 Å². The summed E-state index contributed by atoms with van der Waals surface area (Å²) in [6.45, 7) is 0. The molecule has 1 aromatic carbocycles. The average molecular weight is 519 g/mol. The van der Waals surface area contributed by atoms with E-state index >= 15 is 0 Å². The van der Waals surface area contributed by atoms with Crippen LogP contribution in [0.1, 0.15) is 44.8 Å². The summed E-state index contributed by atoms with van der Waals surface area (Å²) in [7, 11) is 0. The van der Waals surface area contributed by atoms with Gasteiger partial charge in [0.25, 0.3) is 0 Å². The molecule has 4 aromatic heterocycles. The summed E-state index contributed by atoms with van der Waals surface area (Å²) < 4.78 is 0. The molecule has 0 aliphatic heterocycles. The molecule has 0 unspecified atom stereocenters. The van der Waals surface area contributed by atoms with Crippen molar-refractivity contribution in [3.63, 3.8) is 0 Å². The number of fused-ring (bicyclic) bond motifs is 6. The number of hydrogen-bond donors (Lipinski definition) is 0. The molecule has 34 heavy (non-hydrogen) atoms. The maximum Gasteiger partial charge on any atom is 0.128 e. The maximum atomic E-state index is 4.64. The molecule has 7 rings (SSSR count).